The molecule has 1 rings (SSSR count). The number of para-hydroxylation sites is 1. The van der Waals surface area contributed by atoms with Crippen molar-refractivity contribution in [3.05, 3.63) is 29.8 Å². The fourth-order valence-electron chi connectivity index (χ4n) is 1.28. The van der Waals surface area contributed by atoms with Crippen molar-refractivity contribution in [3.8, 4) is 0 Å². The van der Waals surface area contributed by atoms with Gasteiger partial charge in [-0.3, -0.25) is 9.59 Å². The number of aryl methyl sites for hydroxylation is 1. The van der Waals surface area contributed by atoms with Gasteiger partial charge in [0.25, 0.3) is 0 Å². The minimum absolute atomic E-state index is 0.0944. The summed E-state index contributed by atoms with van der Waals surface area (Å²) in [6.07, 6.45) is 0.286. The first-order valence-electron chi connectivity index (χ1n) is 5.19. The lowest BCUT2D eigenvalue weighted by molar-refractivity contribution is -0.119. The summed E-state index contributed by atoms with van der Waals surface area (Å²) in [5.41, 5.74) is 1.84. The molecule has 2 N–H and O–H groups in total. The van der Waals surface area contributed by atoms with Crippen LogP contribution in [-0.4, -0.2) is 18.4 Å². The number of hydrogen-bond acceptors (Lipinski definition) is 2. The number of benzene rings is 1. The summed E-state index contributed by atoms with van der Waals surface area (Å²) in [6, 6.07) is 7.58. The summed E-state index contributed by atoms with van der Waals surface area (Å²) in [5, 5.41) is 5.37. The van der Waals surface area contributed by atoms with Crippen molar-refractivity contribution in [2.24, 2.45) is 0 Å². The Morgan fingerprint density at radius 2 is 1.94 bits per heavy atom. The van der Waals surface area contributed by atoms with E-state index < -0.39 is 0 Å². The first-order valence-corrected chi connectivity index (χ1v) is 5.19. The second-order valence-electron chi connectivity index (χ2n) is 3.60. The lowest BCUT2D eigenvalue weighted by Gasteiger charge is -2.07. The molecule has 0 aliphatic carbocycles. The molecular weight excluding hydrogens is 204 g/mol. The molecule has 0 atom stereocenters. The molecule has 0 radical (unpaired) electrons. The number of carbonyl (C=O) groups is 2. The fourth-order valence-corrected chi connectivity index (χ4v) is 1.28. The highest BCUT2D eigenvalue weighted by Crippen LogP contribution is 2.12. The Hall–Kier alpha value is -1.84. The first kappa shape index (κ1) is 12.2. The average molecular weight is 220 g/mol. The molecule has 0 aliphatic heterocycles. The largest absolute Gasteiger partial charge is 0.356 e. The standard InChI is InChI=1S/C12H16N2O2/c1-9-5-3-4-6-11(9)14-12(16)7-8-13-10(2)15/h3-6H,7-8H2,1-2H3,(H,13,15)(H,14,16). The molecule has 16 heavy (non-hydrogen) atoms. The predicted octanol–water partition coefficient (Wildman–Crippen LogP) is 1.46. The molecule has 0 bridgehead atoms. The van der Waals surface area contributed by atoms with E-state index in [4.69, 9.17) is 0 Å². The molecule has 0 unspecified atom stereocenters. The van der Waals surface area contributed by atoms with Crippen molar-refractivity contribution < 1.29 is 9.59 Å². The second kappa shape index (κ2) is 5.90. The highest BCUT2D eigenvalue weighted by Gasteiger charge is 2.03. The van der Waals surface area contributed by atoms with Crippen LogP contribution in [0.5, 0.6) is 0 Å². The molecule has 0 fully saturated rings. The van der Waals surface area contributed by atoms with E-state index in [-0.39, 0.29) is 18.2 Å². The zero-order valence-corrected chi connectivity index (χ0v) is 9.54. The fraction of sp³-hybridized carbons (Fsp3) is 0.333. The SMILES string of the molecule is CC(=O)NCCC(=O)Nc1ccccc1C. The van der Waals surface area contributed by atoms with E-state index in [2.05, 4.69) is 10.6 Å². The Labute approximate surface area is 95.0 Å². The van der Waals surface area contributed by atoms with Gasteiger partial charge >= 0.3 is 0 Å². The predicted molar refractivity (Wildman–Crippen MR) is 63.1 cm³/mol. The maximum Gasteiger partial charge on any atom is 0.226 e. The van der Waals surface area contributed by atoms with Gasteiger partial charge in [0.1, 0.15) is 0 Å². The van der Waals surface area contributed by atoms with Gasteiger partial charge in [-0.25, -0.2) is 0 Å². The van der Waals surface area contributed by atoms with Gasteiger partial charge in [0.15, 0.2) is 0 Å². The number of amides is 2. The molecule has 4 heteroatoms. The minimum Gasteiger partial charge on any atom is -0.356 e. The van der Waals surface area contributed by atoms with Gasteiger partial charge in [-0.15, -0.1) is 0 Å². The summed E-state index contributed by atoms with van der Waals surface area (Å²) >= 11 is 0. The third-order valence-corrected chi connectivity index (χ3v) is 2.15. The van der Waals surface area contributed by atoms with Crippen LogP contribution in [0.4, 0.5) is 5.69 Å². The van der Waals surface area contributed by atoms with E-state index in [1.165, 1.54) is 6.92 Å². The monoisotopic (exact) mass is 220 g/mol. The van der Waals surface area contributed by atoms with Gasteiger partial charge in [0.2, 0.25) is 11.8 Å². The van der Waals surface area contributed by atoms with Crippen LogP contribution in [0.2, 0.25) is 0 Å². The topological polar surface area (TPSA) is 58.2 Å². The Morgan fingerprint density at radius 3 is 2.56 bits per heavy atom. The molecule has 4 nitrogen and oxygen atoms in total. The molecule has 1 aromatic carbocycles. The highest BCUT2D eigenvalue weighted by atomic mass is 16.2. The van der Waals surface area contributed by atoms with E-state index in [1.807, 2.05) is 31.2 Å². The highest BCUT2D eigenvalue weighted by molar-refractivity contribution is 5.91. The molecule has 0 aliphatic rings. The first-order chi connectivity index (χ1) is 7.59. The van der Waals surface area contributed by atoms with Gasteiger partial charge in [-0.05, 0) is 18.6 Å². The zero-order valence-electron chi connectivity index (χ0n) is 9.54. The number of hydrogen-bond donors (Lipinski definition) is 2. The molecule has 86 valence electrons. The van der Waals surface area contributed by atoms with E-state index in [9.17, 15) is 9.59 Å². The lowest BCUT2D eigenvalue weighted by Crippen LogP contribution is -2.25. The van der Waals surface area contributed by atoms with Crippen LogP contribution in [0, 0.1) is 6.92 Å². The van der Waals surface area contributed by atoms with Gasteiger partial charge in [-0.2, -0.15) is 0 Å². The van der Waals surface area contributed by atoms with Crippen molar-refractivity contribution in [1.82, 2.24) is 5.32 Å². The molecule has 0 saturated heterocycles. The maximum atomic E-state index is 11.5. The molecule has 1 aromatic rings. The van der Waals surface area contributed by atoms with Crippen LogP contribution in [0.15, 0.2) is 24.3 Å². The Morgan fingerprint density at radius 1 is 1.25 bits per heavy atom. The van der Waals surface area contributed by atoms with Crippen LogP contribution >= 0.6 is 0 Å². The van der Waals surface area contributed by atoms with Crippen LogP contribution < -0.4 is 10.6 Å². The second-order valence-corrected chi connectivity index (χ2v) is 3.60. The maximum absolute atomic E-state index is 11.5. The molecule has 0 saturated carbocycles. The Kier molecular flexibility index (Phi) is 4.51. The molecule has 2 amide bonds. The Balaban J connectivity index is 2.40. The Bertz CT molecular complexity index is 388. The lowest BCUT2D eigenvalue weighted by atomic mass is 10.2. The van der Waals surface area contributed by atoms with Crippen LogP contribution in [0.25, 0.3) is 0 Å². The third-order valence-electron chi connectivity index (χ3n) is 2.15. The quantitative estimate of drug-likeness (QED) is 0.807. The van der Waals surface area contributed by atoms with Crippen molar-refractivity contribution in [1.29, 1.82) is 0 Å². The van der Waals surface area contributed by atoms with E-state index >= 15 is 0 Å². The van der Waals surface area contributed by atoms with Gasteiger partial charge in [-0.1, -0.05) is 18.2 Å². The van der Waals surface area contributed by atoms with E-state index in [0.717, 1.165) is 11.3 Å². The zero-order chi connectivity index (χ0) is 12.0. The van der Waals surface area contributed by atoms with E-state index in [0.29, 0.717) is 6.54 Å². The van der Waals surface area contributed by atoms with Crippen molar-refractivity contribution in [2.75, 3.05) is 11.9 Å². The van der Waals surface area contributed by atoms with Gasteiger partial charge in [0, 0.05) is 25.6 Å². The van der Waals surface area contributed by atoms with Gasteiger partial charge < -0.3 is 10.6 Å². The molecular formula is C12H16N2O2. The number of carbonyl (C=O) groups excluding carboxylic acids is 2. The summed E-state index contributed by atoms with van der Waals surface area (Å²) in [6.45, 7) is 3.73. The third kappa shape index (κ3) is 4.13. The smallest absolute Gasteiger partial charge is 0.226 e. The van der Waals surface area contributed by atoms with Crippen LogP contribution in [0.1, 0.15) is 18.9 Å². The molecule has 0 aromatic heterocycles. The van der Waals surface area contributed by atoms with E-state index in [1.54, 1.807) is 0 Å². The summed E-state index contributed by atoms with van der Waals surface area (Å²) in [5.74, 6) is -0.216. The van der Waals surface area contributed by atoms with Crippen LogP contribution in [0.3, 0.4) is 0 Å². The minimum atomic E-state index is -0.122. The van der Waals surface area contributed by atoms with Crippen molar-refractivity contribution in [2.45, 2.75) is 20.3 Å². The summed E-state index contributed by atoms with van der Waals surface area (Å²) < 4.78 is 0. The number of nitrogens with one attached hydrogen (secondary N) is 2. The number of anilines is 1. The summed E-state index contributed by atoms with van der Waals surface area (Å²) in [4.78, 5) is 22.1. The molecule has 0 heterocycles. The van der Waals surface area contributed by atoms with Gasteiger partial charge in [0.05, 0.1) is 0 Å². The normalized spacial score (nSPS) is 9.62. The van der Waals surface area contributed by atoms with Crippen molar-refractivity contribution >= 4 is 17.5 Å². The summed E-state index contributed by atoms with van der Waals surface area (Å²) in [7, 11) is 0. The van der Waals surface area contributed by atoms with Crippen LogP contribution in [-0.2, 0) is 9.59 Å². The number of rotatable bonds is 4. The van der Waals surface area contributed by atoms with Crippen molar-refractivity contribution in [3.63, 3.8) is 0 Å². The average Bonchev–Trinajstić information content (AvgIpc) is 2.21. The molecule has 0 spiro atoms.